The molecule has 9 rings (SSSR count). The van der Waals surface area contributed by atoms with Crippen molar-refractivity contribution in [3.63, 3.8) is 0 Å². The molecule has 258 valence electrons. The Morgan fingerprint density at radius 3 is 1.08 bits per heavy atom. The summed E-state index contributed by atoms with van der Waals surface area (Å²) in [5.41, 5.74) is 12.5. The number of nitrogens with zero attached hydrogens (tertiary/aromatic N) is 2. The molecule has 2 aliphatic rings. The highest BCUT2D eigenvalue weighted by atomic mass is 15.2. The van der Waals surface area contributed by atoms with E-state index in [2.05, 4.69) is 211 Å². The van der Waals surface area contributed by atoms with Crippen LogP contribution in [0.15, 0.2) is 146 Å². The highest BCUT2D eigenvalue weighted by Gasteiger charge is 2.52. The summed E-state index contributed by atoms with van der Waals surface area (Å²) in [6, 6.07) is 54.4. The molecule has 0 atom stereocenters. The molecule has 7 aromatic rings. The molecule has 0 bridgehead atoms. The van der Waals surface area contributed by atoms with E-state index in [9.17, 15) is 0 Å². The average Bonchev–Trinajstić information content (AvgIpc) is 3.41. The van der Waals surface area contributed by atoms with Crippen LogP contribution >= 0.6 is 0 Å². The maximum Gasteiger partial charge on any atom is 0.0487 e. The van der Waals surface area contributed by atoms with Crippen LogP contribution in [0.25, 0.3) is 43.8 Å². The van der Waals surface area contributed by atoms with Crippen molar-refractivity contribution in [1.82, 2.24) is 0 Å². The van der Waals surface area contributed by atoms with Crippen LogP contribution in [0.3, 0.4) is 0 Å². The quantitative estimate of drug-likeness (QED) is 0.171. The SMILES string of the molecule is CC1(C)c2ccccc2N(c2ccc3c(-c4ccccc4)c4cc(N5c6ccccc6C(C)(C)C5(C)C)ccc4c(-c4ccccc4)c3c2)C1(C)C. The van der Waals surface area contributed by atoms with Crippen molar-refractivity contribution < 1.29 is 0 Å². The zero-order valence-corrected chi connectivity index (χ0v) is 31.8. The van der Waals surface area contributed by atoms with Gasteiger partial charge in [0, 0.05) is 44.7 Å². The van der Waals surface area contributed by atoms with Gasteiger partial charge in [0.2, 0.25) is 0 Å². The molecule has 7 aromatic carbocycles. The van der Waals surface area contributed by atoms with Crippen molar-refractivity contribution in [2.45, 2.75) is 77.3 Å². The first kappa shape index (κ1) is 32.6. The van der Waals surface area contributed by atoms with Gasteiger partial charge < -0.3 is 9.80 Å². The van der Waals surface area contributed by atoms with E-state index in [-0.39, 0.29) is 21.9 Å². The van der Waals surface area contributed by atoms with Gasteiger partial charge in [0.15, 0.2) is 0 Å². The number of hydrogen-bond donors (Lipinski definition) is 0. The Bertz CT molecular complexity index is 2340. The van der Waals surface area contributed by atoms with Crippen LogP contribution in [-0.4, -0.2) is 11.1 Å². The number of fused-ring (bicyclic) bond motifs is 4. The largest absolute Gasteiger partial charge is 0.335 e. The Kier molecular flexibility index (Phi) is 6.94. The van der Waals surface area contributed by atoms with E-state index < -0.39 is 0 Å². The second kappa shape index (κ2) is 11.1. The van der Waals surface area contributed by atoms with Crippen LogP contribution in [0.5, 0.6) is 0 Å². The van der Waals surface area contributed by atoms with Gasteiger partial charge in [-0.25, -0.2) is 0 Å². The first-order valence-corrected chi connectivity index (χ1v) is 18.8. The number of rotatable bonds is 4. The van der Waals surface area contributed by atoms with E-state index in [4.69, 9.17) is 0 Å². The van der Waals surface area contributed by atoms with Gasteiger partial charge in [0.1, 0.15) is 0 Å². The third kappa shape index (κ3) is 4.30. The zero-order chi connectivity index (χ0) is 36.2. The highest BCUT2D eigenvalue weighted by molar-refractivity contribution is 6.22. The lowest BCUT2D eigenvalue weighted by Gasteiger charge is -2.43. The Hall–Kier alpha value is -5.34. The lowest BCUT2D eigenvalue weighted by molar-refractivity contribution is 0.330. The lowest BCUT2D eigenvalue weighted by Crippen LogP contribution is -2.48. The van der Waals surface area contributed by atoms with Crippen molar-refractivity contribution in [3.05, 3.63) is 157 Å². The molecule has 2 heteroatoms. The minimum absolute atomic E-state index is 0.0354. The number of para-hydroxylation sites is 2. The maximum atomic E-state index is 2.58. The van der Waals surface area contributed by atoms with Crippen molar-refractivity contribution in [2.75, 3.05) is 9.80 Å². The van der Waals surface area contributed by atoms with Crippen LogP contribution in [0, 0.1) is 0 Å². The Balaban J connectivity index is 1.37. The topological polar surface area (TPSA) is 6.48 Å². The number of hydrogen-bond acceptors (Lipinski definition) is 2. The Morgan fingerprint density at radius 1 is 0.346 bits per heavy atom. The van der Waals surface area contributed by atoms with E-state index in [1.807, 2.05) is 0 Å². The van der Waals surface area contributed by atoms with E-state index in [0.29, 0.717) is 0 Å². The van der Waals surface area contributed by atoms with Crippen molar-refractivity contribution in [3.8, 4) is 22.3 Å². The van der Waals surface area contributed by atoms with Crippen LogP contribution in [-0.2, 0) is 10.8 Å². The molecule has 0 aliphatic carbocycles. The van der Waals surface area contributed by atoms with Crippen LogP contribution < -0.4 is 9.80 Å². The summed E-state index contributed by atoms with van der Waals surface area (Å²) in [4.78, 5) is 5.17. The Labute approximate surface area is 309 Å². The molecular weight excluding hydrogens is 629 g/mol. The second-order valence-corrected chi connectivity index (χ2v) is 17.0. The molecule has 0 radical (unpaired) electrons. The van der Waals surface area contributed by atoms with Crippen molar-refractivity contribution in [2.24, 2.45) is 0 Å². The normalized spacial score (nSPS) is 17.8. The monoisotopic (exact) mass is 676 g/mol. The number of anilines is 4. The molecule has 0 N–H and O–H groups in total. The summed E-state index contributed by atoms with van der Waals surface area (Å²) in [6.07, 6.45) is 0. The van der Waals surface area contributed by atoms with Crippen molar-refractivity contribution >= 4 is 44.3 Å². The van der Waals surface area contributed by atoms with Crippen molar-refractivity contribution in [1.29, 1.82) is 0 Å². The van der Waals surface area contributed by atoms with Gasteiger partial charge in [-0.2, -0.15) is 0 Å². The fourth-order valence-electron chi connectivity index (χ4n) is 9.45. The summed E-state index contributed by atoms with van der Waals surface area (Å²) in [7, 11) is 0. The standard InChI is InChI=1S/C50H48N2/c1-47(2)41-23-15-17-25-43(41)51(49(47,5)6)35-27-29-37-39(31-35)45(33-19-11-9-12-20-33)38-30-28-36(32-40(38)46(37)34-21-13-10-14-22-34)52-44-26-18-16-24-42(44)48(3,4)50(52,7)8/h9-32H,1-8H3. The molecule has 0 spiro atoms. The third-order valence-electron chi connectivity index (χ3n) is 13.5. The summed E-state index contributed by atoms with van der Waals surface area (Å²) >= 11 is 0. The fraction of sp³-hybridized carbons (Fsp3) is 0.240. The van der Waals surface area contributed by atoms with Gasteiger partial charge in [0.05, 0.1) is 0 Å². The molecule has 0 unspecified atom stereocenters. The zero-order valence-electron chi connectivity index (χ0n) is 31.8. The molecule has 2 aliphatic heterocycles. The third-order valence-corrected chi connectivity index (χ3v) is 13.5. The van der Waals surface area contributed by atoms with Gasteiger partial charge >= 0.3 is 0 Å². The number of benzene rings is 7. The van der Waals surface area contributed by atoms with Crippen LogP contribution in [0.4, 0.5) is 22.7 Å². The molecule has 52 heavy (non-hydrogen) atoms. The Morgan fingerprint density at radius 2 is 0.692 bits per heavy atom. The minimum Gasteiger partial charge on any atom is -0.335 e. The molecule has 2 heterocycles. The summed E-state index contributed by atoms with van der Waals surface area (Å²) in [5.74, 6) is 0. The maximum absolute atomic E-state index is 2.58. The summed E-state index contributed by atoms with van der Waals surface area (Å²) in [6.45, 7) is 19.1. The van der Waals surface area contributed by atoms with E-state index in [1.54, 1.807) is 0 Å². The molecule has 0 saturated carbocycles. The lowest BCUT2D eigenvalue weighted by atomic mass is 9.72. The molecule has 0 saturated heterocycles. The minimum atomic E-state index is -0.141. The first-order chi connectivity index (χ1) is 24.9. The van der Waals surface area contributed by atoms with Gasteiger partial charge in [-0.1, -0.05) is 137 Å². The van der Waals surface area contributed by atoms with Gasteiger partial charge in [-0.05, 0) is 119 Å². The smallest absolute Gasteiger partial charge is 0.0487 e. The molecule has 0 aromatic heterocycles. The van der Waals surface area contributed by atoms with E-state index in [1.165, 1.54) is 77.7 Å². The highest BCUT2D eigenvalue weighted by Crippen LogP contribution is 2.57. The second-order valence-electron chi connectivity index (χ2n) is 17.0. The summed E-state index contributed by atoms with van der Waals surface area (Å²) < 4.78 is 0. The summed E-state index contributed by atoms with van der Waals surface area (Å²) in [5, 5.41) is 5.08. The van der Waals surface area contributed by atoms with Crippen LogP contribution in [0.1, 0.15) is 66.5 Å². The fourth-order valence-corrected chi connectivity index (χ4v) is 9.45. The molecule has 2 nitrogen and oxygen atoms in total. The average molecular weight is 677 g/mol. The molecular formula is C50H48N2. The molecule has 0 fully saturated rings. The van der Waals surface area contributed by atoms with Gasteiger partial charge in [-0.3, -0.25) is 0 Å². The first-order valence-electron chi connectivity index (χ1n) is 18.8. The molecule has 0 amide bonds. The van der Waals surface area contributed by atoms with Crippen LogP contribution in [0.2, 0.25) is 0 Å². The van der Waals surface area contributed by atoms with E-state index in [0.717, 1.165) is 0 Å². The van der Waals surface area contributed by atoms with Gasteiger partial charge in [0.25, 0.3) is 0 Å². The van der Waals surface area contributed by atoms with Gasteiger partial charge in [-0.15, -0.1) is 0 Å². The predicted molar refractivity (Wildman–Crippen MR) is 224 cm³/mol. The predicted octanol–water partition coefficient (Wildman–Crippen LogP) is 13.7. The van der Waals surface area contributed by atoms with E-state index >= 15 is 0 Å².